The summed E-state index contributed by atoms with van der Waals surface area (Å²) in [6.07, 6.45) is -15.1. The Morgan fingerprint density at radius 2 is 1.47 bits per heavy atom. The first-order valence-electron chi connectivity index (χ1n) is 14.9. The number of rotatable bonds is 15. The normalized spacial score (nSPS) is 13.1. The number of alkyl halides is 7. The summed E-state index contributed by atoms with van der Waals surface area (Å²) in [7, 11) is 0. The molecule has 0 heterocycles. The lowest BCUT2D eigenvalue weighted by Gasteiger charge is -2.37. The van der Waals surface area contributed by atoms with E-state index in [-0.39, 0.29) is 37.5 Å². The minimum atomic E-state index is -5.24. The van der Waals surface area contributed by atoms with E-state index in [4.69, 9.17) is 9.84 Å². The summed E-state index contributed by atoms with van der Waals surface area (Å²) in [5.74, 6) is -8.04. The number of amides is 1. The van der Waals surface area contributed by atoms with Gasteiger partial charge in [0.1, 0.15) is 17.4 Å². The lowest BCUT2D eigenvalue weighted by molar-refractivity contribution is -0.253. The number of carboxylic acid groups (broad SMARTS) is 1. The number of carbonyl (C=O) groups excluding carboxylic acids is 1. The van der Waals surface area contributed by atoms with Gasteiger partial charge < -0.3 is 19.9 Å². The number of benzene rings is 4. The molecule has 1 atom stereocenters. The number of nitrogens with one attached hydrogen (secondary N) is 1. The molecule has 0 radical (unpaired) electrons. The minimum Gasteiger partial charge on any atom is -0.491 e. The monoisotopic (exact) mass is 731 g/mol. The molecule has 0 fully saturated rings. The van der Waals surface area contributed by atoms with Gasteiger partial charge in [0.05, 0.1) is 17.7 Å². The first-order chi connectivity index (χ1) is 23.9. The van der Waals surface area contributed by atoms with Crippen LogP contribution in [-0.4, -0.2) is 36.1 Å². The summed E-state index contributed by atoms with van der Waals surface area (Å²) in [6.45, 7) is -0.206. The summed E-state index contributed by atoms with van der Waals surface area (Å²) in [5.41, 5.74) is -5.12. The second-order valence-corrected chi connectivity index (χ2v) is 11.2. The third-order valence-electron chi connectivity index (χ3n) is 7.51. The van der Waals surface area contributed by atoms with Crippen molar-refractivity contribution in [3.05, 3.63) is 130 Å². The van der Waals surface area contributed by atoms with Gasteiger partial charge in [-0.1, -0.05) is 36.4 Å². The molecular formula is C35H27F10NO5. The Bertz CT molecular complexity index is 1850. The third kappa shape index (κ3) is 9.70. The molecule has 0 aromatic heterocycles. The van der Waals surface area contributed by atoms with E-state index >= 15 is 8.78 Å². The fourth-order valence-corrected chi connectivity index (χ4v) is 5.12. The topological polar surface area (TPSA) is 84.9 Å². The smallest absolute Gasteiger partial charge is 0.461 e. The van der Waals surface area contributed by atoms with Crippen molar-refractivity contribution in [3.63, 3.8) is 0 Å². The van der Waals surface area contributed by atoms with Gasteiger partial charge in [-0.05, 0) is 72.0 Å². The molecule has 4 aromatic carbocycles. The molecule has 0 saturated carbocycles. The first-order valence-corrected chi connectivity index (χ1v) is 14.9. The van der Waals surface area contributed by atoms with Gasteiger partial charge in [0.15, 0.2) is 11.6 Å². The van der Waals surface area contributed by atoms with Crippen molar-refractivity contribution in [3.8, 4) is 11.5 Å². The largest absolute Gasteiger partial charge is 0.491 e. The molecule has 16 heteroatoms. The van der Waals surface area contributed by atoms with Crippen LogP contribution in [0.5, 0.6) is 11.5 Å². The number of hydrogen-bond acceptors (Lipinski definition) is 4. The van der Waals surface area contributed by atoms with E-state index in [2.05, 4.69) is 10.1 Å². The Morgan fingerprint density at radius 3 is 2.12 bits per heavy atom. The zero-order chi connectivity index (χ0) is 37.6. The number of unbranched alkanes of at least 4 members (excludes halogenated alkanes) is 1. The molecule has 4 rings (SSSR count). The standard InChI is InChI=1S/C35H27F10NO5/c36-24-15-23(16-25(18-24)51-35(44,45)32(39)40)33(19-20-6-2-1-3-7-20,46-31(49)21-9-11-27(37)26(14-21)34(41,42)43)22-10-12-28(38)29(17-22)50-13-5-4-8-30(47)48/h1-3,6-7,9-12,14-18,32H,4-5,8,13,19H2,(H,46,49)(H,47,48)/t33-/m1/s1. The fourth-order valence-electron chi connectivity index (χ4n) is 5.12. The van der Waals surface area contributed by atoms with Crippen molar-refractivity contribution < 1.29 is 68.1 Å². The average Bonchev–Trinajstić information content (AvgIpc) is 3.04. The van der Waals surface area contributed by atoms with Crippen LogP contribution in [0.15, 0.2) is 84.9 Å². The van der Waals surface area contributed by atoms with Crippen molar-refractivity contribution in [2.24, 2.45) is 0 Å². The highest BCUT2D eigenvalue weighted by atomic mass is 19.4. The zero-order valence-corrected chi connectivity index (χ0v) is 26.1. The molecule has 0 aliphatic heterocycles. The van der Waals surface area contributed by atoms with E-state index in [0.717, 1.165) is 18.2 Å². The van der Waals surface area contributed by atoms with Crippen LogP contribution in [0.4, 0.5) is 43.9 Å². The lowest BCUT2D eigenvalue weighted by atomic mass is 9.77. The molecule has 2 N–H and O–H groups in total. The Hall–Kier alpha value is -5.28. The quantitative estimate of drug-likeness (QED) is 0.0943. The van der Waals surface area contributed by atoms with Crippen LogP contribution in [0.2, 0.25) is 0 Å². The van der Waals surface area contributed by atoms with E-state index in [1.165, 1.54) is 24.3 Å². The minimum absolute atomic E-state index is 0.150. The maximum absolute atomic E-state index is 15.2. The van der Waals surface area contributed by atoms with Gasteiger partial charge in [0.25, 0.3) is 5.91 Å². The zero-order valence-electron chi connectivity index (χ0n) is 26.1. The van der Waals surface area contributed by atoms with Gasteiger partial charge in [-0.25, -0.2) is 13.2 Å². The summed E-state index contributed by atoms with van der Waals surface area (Å²) < 4.78 is 149. The van der Waals surface area contributed by atoms with Crippen LogP contribution in [0.25, 0.3) is 0 Å². The highest BCUT2D eigenvalue weighted by molar-refractivity contribution is 5.95. The van der Waals surface area contributed by atoms with E-state index in [0.29, 0.717) is 35.9 Å². The number of carbonyl (C=O) groups is 2. The predicted octanol–water partition coefficient (Wildman–Crippen LogP) is 8.91. The van der Waals surface area contributed by atoms with Crippen molar-refractivity contribution in [1.29, 1.82) is 0 Å². The molecule has 0 aliphatic carbocycles. The second-order valence-electron chi connectivity index (χ2n) is 11.2. The number of hydrogen-bond donors (Lipinski definition) is 2. The van der Waals surface area contributed by atoms with E-state index in [1.54, 1.807) is 6.07 Å². The number of carboxylic acids is 1. The summed E-state index contributed by atoms with van der Waals surface area (Å²) in [4.78, 5) is 24.7. The third-order valence-corrected chi connectivity index (χ3v) is 7.51. The molecule has 1 amide bonds. The summed E-state index contributed by atoms with van der Waals surface area (Å²) in [5, 5.41) is 11.3. The predicted molar refractivity (Wildman–Crippen MR) is 161 cm³/mol. The maximum atomic E-state index is 15.2. The first kappa shape index (κ1) is 38.5. The van der Waals surface area contributed by atoms with E-state index < -0.39 is 88.2 Å². The Labute approximate surface area is 283 Å². The van der Waals surface area contributed by atoms with Crippen LogP contribution in [0.1, 0.15) is 51.9 Å². The van der Waals surface area contributed by atoms with E-state index in [1.807, 2.05) is 0 Å². The van der Waals surface area contributed by atoms with Gasteiger partial charge in [-0.3, -0.25) is 9.59 Å². The molecule has 6 nitrogen and oxygen atoms in total. The maximum Gasteiger partial charge on any atom is 0.461 e. The molecule has 0 saturated heterocycles. The molecule has 0 bridgehead atoms. The highest BCUT2D eigenvalue weighted by Crippen LogP contribution is 2.40. The molecule has 272 valence electrons. The Morgan fingerprint density at radius 1 is 0.784 bits per heavy atom. The molecule has 4 aromatic rings. The Balaban J connectivity index is 1.95. The molecule has 0 aliphatic rings. The number of halogens is 10. The molecular weight excluding hydrogens is 704 g/mol. The van der Waals surface area contributed by atoms with Crippen molar-refractivity contribution >= 4 is 11.9 Å². The van der Waals surface area contributed by atoms with Gasteiger partial charge >= 0.3 is 24.7 Å². The van der Waals surface area contributed by atoms with Crippen LogP contribution in [-0.2, 0) is 22.9 Å². The van der Waals surface area contributed by atoms with Crippen LogP contribution in [0, 0.1) is 17.5 Å². The lowest BCUT2D eigenvalue weighted by Crippen LogP contribution is -2.49. The molecule has 0 unspecified atom stereocenters. The number of aliphatic carboxylic acids is 1. The highest BCUT2D eigenvalue weighted by Gasteiger charge is 2.45. The summed E-state index contributed by atoms with van der Waals surface area (Å²) >= 11 is 0. The number of ether oxygens (including phenoxy) is 2. The van der Waals surface area contributed by atoms with Crippen molar-refractivity contribution in [1.82, 2.24) is 5.32 Å². The van der Waals surface area contributed by atoms with Crippen LogP contribution < -0.4 is 14.8 Å². The average molecular weight is 732 g/mol. The van der Waals surface area contributed by atoms with Gasteiger partial charge in [-0.2, -0.15) is 30.7 Å². The second kappa shape index (κ2) is 15.7. The van der Waals surface area contributed by atoms with E-state index in [9.17, 15) is 44.7 Å². The van der Waals surface area contributed by atoms with Gasteiger partial charge in [0, 0.05) is 24.5 Å². The fraction of sp³-hybridized carbons (Fsp3) is 0.257. The SMILES string of the molecule is O=C(O)CCCCOc1cc([C@@](Cc2ccccc2)(NC(=O)c2ccc(F)c(C(F)(F)F)c2)c2cc(F)cc(OC(F)(F)C(F)F)c2)ccc1F. The van der Waals surface area contributed by atoms with Gasteiger partial charge in [-0.15, -0.1) is 0 Å². The van der Waals surface area contributed by atoms with Crippen molar-refractivity contribution in [2.75, 3.05) is 6.61 Å². The van der Waals surface area contributed by atoms with Crippen LogP contribution >= 0.6 is 0 Å². The molecule has 51 heavy (non-hydrogen) atoms. The van der Waals surface area contributed by atoms with Crippen molar-refractivity contribution in [2.45, 2.75) is 49.9 Å². The Kier molecular flexibility index (Phi) is 11.9. The summed E-state index contributed by atoms with van der Waals surface area (Å²) in [6, 6.07) is 13.7. The molecule has 0 spiro atoms. The van der Waals surface area contributed by atoms with Crippen LogP contribution in [0.3, 0.4) is 0 Å². The van der Waals surface area contributed by atoms with Gasteiger partial charge in [0.2, 0.25) is 0 Å².